The number of aryl methyl sites for hydroxylation is 2. The van der Waals surface area contributed by atoms with E-state index in [4.69, 9.17) is 9.84 Å². The normalized spacial score (nSPS) is 12.0. The number of hydrogen-bond acceptors (Lipinski definition) is 3. The van der Waals surface area contributed by atoms with Gasteiger partial charge in [0.25, 0.3) is 0 Å². The zero-order chi connectivity index (χ0) is 14.6. The zero-order valence-electron chi connectivity index (χ0n) is 13.1. The predicted octanol–water partition coefficient (Wildman–Crippen LogP) is 2.90. The molecule has 0 saturated heterocycles. The summed E-state index contributed by atoms with van der Waals surface area (Å²) in [7, 11) is 3.81. The third-order valence-electron chi connectivity index (χ3n) is 3.86. The van der Waals surface area contributed by atoms with E-state index in [2.05, 4.69) is 51.8 Å². The van der Waals surface area contributed by atoms with Gasteiger partial charge in [0, 0.05) is 24.3 Å². The molecule has 0 aromatic heterocycles. The van der Waals surface area contributed by atoms with Gasteiger partial charge in [0.15, 0.2) is 0 Å². The van der Waals surface area contributed by atoms with Gasteiger partial charge in [0.05, 0.1) is 7.11 Å². The number of benzene rings is 1. The lowest BCUT2D eigenvalue weighted by atomic mass is 9.97. The standard InChI is InChI=1S/C16H27NO2/c1-12-9-13(2)15(19-6)14(10-12)11-17(5)16(3,4)7-8-18/h9-10,18H,7-8,11H2,1-6H3. The fraction of sp³-hybridized carbons (Fsp3) is 0.625. The largest absolute Gasteiger partial charge is 0.496 e. The molecule has 0 aliphatic rings. The third-order valence-corrected chi connectivity index (χ3v) is 3.86. The van der Waals surface area contributed by atoms with Gasteiger partial charge in [-0.05, 0) is 46.7 Å². The molecule has 0 aliphatic carbocycles. The van der Waals surface area contributed by atoms with Gasteiger partial charge in [-0.15, -0.1) is 0 Å². The predicted molar refractivity (Wildman–Crippen MR) is 79.7 cm³/mol. The van der Waals surface area contributed by atoms with E-state index in [1.54, 1.807) is 7.11 Å². The summed E-state index contributed by atoms with van der Waals surface area (Å²) in [5.74, 6) is 0.970. The summed E-state index contributed by atoms with van der Waals surface area (Å²) in [6, 6.07) is 4.32. The minimum atomic E-state index is -0.0303. The van der Waals surface area contributed by atoms with E-state index in [0.717, 1.165) is 18.7 Å². The highest BCUT2D eigenvalue weighted by molar-refractivity contribution is 5.43. The van der Waals surface area contributed by atoms with Crippen molar-refractivity contribution in [3.05, 3.63) is 28.8 Å². The van der Waals surface area contributed by atoms with Crippen LogP contribution in [0.5, 0.6) is 5.75 Å². The van der Waals surface area contributed by atoms with E-state index >= 15 is 0 Å². The van der Waals surface area contributed by atoms with E-state index in [0.29, 0.717) is 0 Å². The second-order valence-electron chi connectivity index (χ2n) is 5.92. The smallest absolute Gasteiger partial charge is 0.126 e. The quantitative estimate of drug-likeness (QED) is 0.858. The van der Waals surface area contributed by atoms with Crippen LogP contribution in [0, 0.1) is 13.8 Å². The topological polar surface area (TPSA) is 32.7 Å². The lowest BCUT2D eigenvalue weighted by molar-refractivity contribution is 0.109. The molecule has 19 heavy (non-hydrogen) atoms. The van der Waals surface area contributed by atoms with Crippen molar-refractivity contribution in [1.82, 2.24) is 4.90 Å². The van der Waals surface area contributed by atoms with Crippen molar-refractivity contribution in [2.45, 2.75) is 46.2 Å². The van der Waals surface area contributed by atoms with Crippen LogP contribution < -0.4 is 4.74 Å². The van der Waals surface area contributed by atoms with Crippen molar-refractivity contribution in [3.63, 3.8) is 0 Å². The van der Waals surface area contributed by atoms with E-state index < -0.39 is 0 Å². The Kier molecular flexibility index (Phi) is 5.39. The number of aliphatic hydroxyl groups excluding tert-OH is 1. The number of nitrogens with zero attached hydrogens (tertiary/aromatic N) is 1. The zero-order valence-corrected chi connectivity index (χ0v) is 13.1. The summed E-state index contributed by atoms with van der Waals surface area (Å²) >= 11 is 0. The molecular formula is C16H27NO2. The van der Waals surface area contributed by atoms with E-state index in [1.807, 2.05) is 0 Å². The SMILES string of the molecule is COc1c(C)cc(C)cc1CN(C)C(C)(C)CCO. The minimum absolute atomic E-state index is 0.0303. The van der Waals surface area contributed by atoms with Gasteiger partial charge in [0.2, 0.25) is 0 Å². The molecule has 0 spiro atoms. The monoisotopic (exact) mass is 265 g/mol. The molecule has 0 heterocycles. The Labute approximate surface area is 117 Å². The summed E-state index contributed by atoms with van der Waals surface area (Å²) in [6.45, 7) is 9.51. The number of ether oxygens (including phenoxy) is 1. The van der Waals surface area contributed by atoms with Crippen molar-refractivity contribution in [3.8, 4) is 5.75 Å². The van der Waals surface area contributed by atoms with Crippen LogP contribution in [0.2, 0.25) is 0 Å². The van der Waals surface area contributed by atoms with Gasteiger partial charge < -0.3 is 9.84 Å². The molecule has 0 unspecified atom stereocenters. The molecule has 1 aromatic rings. The van der Waals surface area contributed by atoms with Gasteiger partial charge in [-0.25, -0.2) is 0 Å². The Morgan fingerprint density at radius 3 is 2.42 bits per heavy atom. The van der Waals surface area contributed by atoms with Gasteiger partial charge in [-0.1, -0.05) is 17.7 Å². The highest BCUT2D eigenvalue weighted by Crippen LogP contribution is 2.28. The number of aliphatic hydroxyl groups is 1. The van der Waals surface area contributed by atoms with Crippen LogP contribution in [-0.4, -0.2) is 36.3 Å². The van der Waals surface area contributed by atoms with Crippen LogP contribution in [-0.2, 0) is 6.54 Å². The van der Waals surface area contributed by atoms with Crippen LogP contribution in [0.25, 0.3) is 0 Å². The van der Waals surface area contributed by atoms with Gasteiger partial charge in [0.1, 0.15) is 5.75 Å². The van der Waals surface area contributed by atoms with E-state index in [1.165, 1.54) is 16.7 Å². The molecule has 1 aromatic carbocycles. The number of rotatable bonds is 6. The highest BCUT2D eigenvalue weighted by Gasteiger charge is 2.24. The van der Waals surface area contributed by atoms with Crippen LogP contribution in [0.15, 0.2) is 12.1 Å². The Morgan fingerprint density at radius 2 is 1.89 bits per heavy atom. The third kappa shape index (κ3) is 3.95. The van der Waals surface area contributed by atoms with Crippen LogP contribution in [0.3, 0.4) is 0 Å². The first-order chi connectivity index (χ1) is 8.81. The second kappa shape index (κ2) is 6.40. The average molecular weight is 265 g/mol. The molecule has 3 nitrogen and oxygen atoms in total. The molecule has 1 N–H and O–H groups in total. The molecule has 0 saturated carbocycles. The number of methoxy groups -OCH3 is 1. The molecule has 0 atom stereocenters. The van der Waals surface area contributed by atoms with Crippen molar-refractivity contribution in [1.29, 1.82) is 0 Å². The maximum Gasteiger partial charge on any atom is 0.126 e. The summed E-state index contributed by atoms with van der Waals surface area (Å²) < 4.78 is 5.53. The average Bonchev–Trinajstić information content (AvgIpc) is 2.28. The van der Waals surface area contributed by atoms with Crippen LogP contribution >= 0.6 is 0 Å². The first-order valence-electron chi connectivity index (χ1n) is 6.78. The maximum absolute atomic E-state index is 9.15. The Balaban J connectivity index is 2.99. The Hall–Kier alpha value is -1.06. The Bertz CT molecular complexity index is 427. The molecule has 3 heteroatoms. The van der Waals surface area contributed by atoms with Gasteiger partial charge in [-0.2, -0.15) is 0 Å². The molecule has 0 radical (unpaired) electrons. The van der Waals surface area contributed by atoms with Crippen molar-refractivity contribution in [2.24, 2.45) is 0 Å². The lowest BCUT2D eigenvalue weighted by Crippen LogP contribution is -2.41. The molecule has 1 rings (SSSR count). The number of hydrogen-bond donors (Lipinski definition) is 1. The summed E-state index contributed by atoms with van der Waals surface area (Å²) in [5.41, 5.74) is 3.60. The molecule has 0 fully saturated rings. The first-order valence-corrected chi connectivity index (χ1v) is 6.78. The summed E-state index contributed by atoms with van der Waals surface area (Å²) in [4.78, 5) is 2.26. The van der Waals surface area contributed by atoms with Crippen molar-refractivity contribution in [2.75, 3.05) is 20.8 Å². The summed E-state index contributed by atoms with van der Waals surface area (Å²) in [5, 5.41) is 9.15. The van der Waals surface area contributed by atoms with Gasteiger partial charge >= 0.3 is 0 Å². The molecule has 0 aliphatic heterocycles. The summed E-state index contributed by atoms with van der Waals surface area (Å²) in [6.07, 6.45) is 0.761. The highest BCUT2D eigenvalue weighted by atomic mass is 16.5. The van der Waals surface area contributed by atoms with E-state index in [9.17, 15) is 0 Å². The fourth-order valence-corrected chi connectivity index (χ4v) is 2.39. The van der Waals surface area contributed by atoms with Crippen LogP contribution in [0.1, 0.15) is 37.0 Å². The molecule has 0 amide bonds. The van der Waals surface area contributed by atoms with Crippen molar-refractivity contribution >= 4 is 0 Å². The van der Waals surface area contributed by atoms with E-state index in [-0.39, 0.29) is 12.1 Å². The maximum atomic E-state index is 9.15. The lowest BCUT2D eigenvalue weighted by Gasteiger charge is -2.35. The van der Waals surface area contributed by atoms with Gasteiger partial charge in [-0.3, -0.25) is 4.90 Å². The fourth-order valence-electron chi connectivity index (χ4n) is 2.39. The van der Waals surface area contributed by atoms with Crippen molar-refractivity contribution < 1.29 is 9.84 Å². The van der Waals surface area contributed by atoms with Crippen LogP contribution in [0.4, 0.5) is 0 Å². The first kappa shape index (κ1) is 16.0. The Morgan fingerprint density at radius 1 is 1.26 bits per heavy atom. The second-order valence-corrected chi connectivity index (χ2v) is 5.92. The molecule has 0 bridgehead atoms. The minimum Gasteiger partial charge on any atom is -0.496 e. The molecule has 108 valence electrons. The molecular weight excluding hydrogens is 238 g/mol.